The highest BCUT2D eigenvalue weighted by Crippen LogP contribution is 2.98. The highest BCUT2D eigenvalue weighted by atomic mass is 127. The monoisotopic (exact) mass is 442 g/mol. The molecule has 138 valence electrons. The molecule has 0 radical (unpaired) electrons. The first-order chi connectivity index (χ1) is 10.3. The van der Waals surface area contributed by atoms with Crippen molar-refractivity contribution in [2.75, 3.05) is 0 Å². The Labute approximate surface area is 164 Å². The van der Waals surface area contributed by atoms with Gasteiger partial charge in [0.15, 0.2) is 0 Å². The summed E-state index contributed by atoms with van der Waals surface area (Å²) in [7, 11) is 0. The molecule has 0 aliphatic heterocycles. The van der Waals surface area contributed by atoms with Gasteiger partial charge in [0.05, 0.1) is 0 Å². The van der Waals surface area contributed by atoms with Gasteiger partial charge in [-0.1, -0.05) is 103 Å². The van der Waals surface area contributed by atoms with E-state index in [2.05, 4.69) is 113 Å². The number of halogens is 1. The van der Waals surface area contributed by atoms with Crippen LogP contribution in [0.3, 0.4) is 0 Å². The van der Waals surface area contributed by atoms with Crippen molar-refractivity contribution >= 4 is 22.6 Å². The summed E-state index contributed by atoms with van der Waals surface area (Å²) in [6, 6.07) is 0. The predicted octanol–water partition coefficient (Wildman–Crippen LogP) is 7.66. The van der Waals surface area contributed by atoms with E-state index in [9.17, 15) is 0 Å². The Hall–Kier alpha value is 0.470. The molecule has 0 saturated heterocycles. The van der Waals surface area contributed by atoms with Crippen LogP contribution in [0.5, 0.6) is 0 Å². The summed E-state index contributed by atoms with van der Waals surface area (Å²) in [5.74, 6) is 0. The second kappa shape index (κ2) is 3.99. The summed E-state index contributed by atoms with van der Waals surface area (Å²) in [5, 5.41) is 0. The molecule has 5 atom stereocenters. The van der Waals surface area contributed by atoms with Crippen molar-refractivity contribution in [3.05, 3.63) is 11.1 Å². The Kier molecular flexibility index (Phi) is 3.20. The Morgan fingerprint density at radius 3 is 1.38 bits per heavy atom. The molecule has 3 aliphatic carbocycles. The van der Waals surface area contributed by atoms with E-state index in [1.54, 1.807) is 11.1 Å². The highest BCUT2D eigenvalue weighted by molar-refractivity contribution is 14.1. The molecule has 1 heteroatoms. The van der Waals surface area contributed by atoms with Gasteiger partial charge in [-0.25, -0.2) is 0 Å². The van der Waals surface area contributed by atoms with Crippen molar-refractivity contribution in [2.45, 2.75) is 93.4 Å². The summed E-state index contributed by atoms with van der Waals surface area (Å²) in [6.07, 6.45) is 0. The largest absolute Gasteiger partial charge is 0.0779 e. The van der Waals surface area contributed by atoms with Crippen LogP contribution in [-0.2, 0) is 0 Å². The lowest BCUT2D eigenvalue weighted by Crippen LogP contribution is -2.67. The molecule has 0 aromatic carbocycles. The smallest absolute Gasteiger partial charge is 0.0318 e. The van der Waals surface area contributed by atoms with Crippen LogP contribution >= 0.6 is 22.6 Å². The van der Waals surface area contributed by atoms with E-state index in [0.29, 0.717) is 0 Å². The van der Waals surface area contributed by atoms with Gasteiger partial charge in [0.25, 0.3) is 0 Å². The van der Waals surface area contributed by atoms with E-state index in [-0.39, 0.29) is 41.3 Å². The summed E-state index contributed by atoms with van der Waals surface area (Å²) in [5.41, 5.74) is 5.01. The van der Waals surface area contributed by atoms with E-state index in [1.165, 1.54) is 0 Å². The van der Waals surface area contributed by atoms with E-state index >= 15 is 0 Å². The molecular formula is C23H39I. The average molecular weight is 442 g/mol. The fourth-order valence-corrected chi connectivity index (χ4v) is 11.3. The van der Waals surface area contributed by atoms with Gasteiger partial charge in [-0.3, -0.25) is 0 Å². The number of hydrogen-bond donors (Lipinski definition) is 0. The molecule has 0 spiro atoms. The molecule has 2 fully saturated rings. The molecule has 0 amide bonds. The number of allylic oxidation sites excluding steroid dienone is 2. The van der Waals surface area contributed by atoms with Crippen LogP contribution < -0.4 is 0 Å². The second-order valence-corrected chi connectivity index (χ2v) is 13.8. The fraction of sp³-hybridized carbons (Fsp3) is 0.913. The molecule has 0 aromatic heterocycles. The number of fused-ring (bicyclic) bond motifs is 5. The van der Waals surface area contributed by atoms with Crippen molar-refractivity contribution in [1.29, 1.82) is 0 Å². The van der Waals surface area contributed by atoms with Crippen molar-refractivity contribution in [1.82, 2.24) is 0 Å². The summed E-state index contributed by atoms with van der Waals surface area (Å²) in [4.78, 5) is 0. The lowest BCUT2D eigenvalue weighted by atomic mass is 9.37. The van der Waals surface area contributed by atoms with Crippen molar-refractivity contribution < 1.29 is 0 Å². The molecule has 2 bridgehead atoms. The third-order valence-electron chi connectivity index (χ3n) is 12.4. The summed E-state index contributed by atoms with van der Waals surface area (Å²) >= 11 is 2.85. The SMILES string of the molecule is CC1=C(C)C2(C)C3(C)C(C)(C)C(C)(C(C)(C)C3(C)I)C2(C)C1(C)C. The van der Waals surface area contributed by atoms with Crippen LogP contribution in [0.4, 0.5) is 0 Å². The maximum atomic E-state index is 2.85. The Morgan fingerprint density at radius 2 is 0.958 bits per heavy atom. The van der Waals surface area contributed by atoms with Gasteiger partial charge in [0.2, 0.25) is 0 Å². The van der Waals surface area contributed by atoms with E-state index in [1.807, 2.05) is 0 Å². The number of alkyl halides is 1. The van der Waals surface area contributed by atoms with E-state index < -0.39 is 0 Å². The molecular weight excluding hydrogens is 403 g/mol. The Balaban J connectivity index is 2.61. The van der Waals surface area contributed by atoms with Crippen molar-refractivity contribution in [3.8, 4) is 0 Å². The van der Waals surface area contributed by atoms with Crippen LogP contribution in [-0.4, -0.2) is 3.42 Å². The molecule has 0 aromatic rings. The van der Waals surface area contributed by atoms with Crippen molar-refractivity contribution in [2.24, 2.45) is 37.9 Å². The second-order valence-electron chi connectivity index (χ2n) is 11.6. The molecule has 0 N–H and O–H groups in total. The van der Waals surface area contributed by atoms with E-state index in [0.717, 1.165) is 0 Å². The zero-order chi connectivity index (χ0) is 19.2. The molecule has 2 saturated carbocycles. The normalized spacial score (nSPS) is 56.8. The highest BCUT2D eigenvalue weighted by Gasteiger charge is 2.95. The van der Waals surface area contributed by atoms with Gasteiger partial charge >= 0.3 is 0 Å². The van der Waals surface area contributed by atoms with Crippen LogP contribution in [0, 0.1) is 37.9 Å². The first kappa shape index (κ1) is 19.2. The maximum absolute atomic E-state index is 2.85. The third-order valence-corrected chi connectivity index (χ3v) is 14.8. The standard InChI is InChI=1S/C23H39I/c1-14-15(2)19(9)20(10,16(14,3)4)21(11)17(5,6)22(19,12)23(13,24)18(21,7)8/h1-13H3. The minimum absolute atomic E-state index is 0.220. The predicted molar refractivity (Wildman–Crippen MR) is 115 cm³/mol. The van der Waals surface area contributed by atoms with Crippen LogP contribution in [0.15, 0.2) is 11.1 Å². The quantitative estimate of drug-likeness (QED) is 0.205. The molecule has 3 aliphatic rings. The molecule has 24 heavy (non-hydrogen) atoms. The zero-order valence-electron chi connectivity index (χ0n) is 18.4. The van der Waals surface area contributed by atoms with Gasteiger partial charge in [0, 0.05) is 8.84 Å². The summed E-state index contributed by atoms with van der Waals surface area (Å²) < 4.78 is 0.242. The summed E-state index contributed by atoms with van der Waals surface area (Å²) in [6.45, 7) is 33.3. The molecule has 5 unspecified atom stereocenters. The zero-order valence-corrected chi connectivity index (χ0v) is 20.5. The molecule has 0 nitrogen and oxygen atoms in total. The fourth-order valence-electron chi connectivity index (χ4n) is 9.53. The minimum Gasteiger partial charge on any atom is -0.0779 e. The number of rotatable bonds is 0. The lowest BCUT2D eigenvalue weighted by Gasteiger charge is -2.69. The minimum atomic E-state index is 0.220. The molecule has 3 rings (SSSR count). The first-order valence-corrected chi connectivity index (χ1v) is 10.8. The van der Waals surface area contributed by atoms with Crippen LogP contribution in [0.1, 0.15) is 90.0 Å². The maximum Gasteiger partial charge on any atom is 0.0318 e. The van der Waals surface area contributed by atoms with Crippen LogP contribution in [0.2, 0.25) is 0 Å². The van der Waals surface area contributed by atoms with Gasteiger partial charge in [-0.05, 0) is 53.3 Å². The average Bonchev–Trinajstić information content (AvgIpc) is 2.64. The van der Waals surface area contributed by atoms with Gasteiger partial charge in [-0.15, -0.1) is 0 Å². The van der Waals surface area contributed by atoms with Crippen LogP contribution in [0.25, 0.3) is 0 Å². The van der Waals surface area contributed by atoms with Gasteiger partial charge in [-0.2, -0.15) is 0 Å². The Morgan fingerprint density at radius 1 is 0.542 bits per heavy atom. The lowest BCUT2D eigenvalue weighted by molar-refractivity contribution is -0.169. The molecule has 0 heterocycles. The van der Waals surface area contributed by atoms with E-state index in [4.69, 9.17) is 0 Å². The number of hydrogen-bond acceptors (Lipinski definition) is 0. The van der Waals surface area contributed by atoms with Crippen molar-refractivity contribution in [3.63, 3.8) is 0 Å². The third kappa shape index (κ3) is 1.09. The first-order valence-electron chi connectivity index (χ1n) is 9.69. The van der Waals surface area contributed by atoms with Gasteiger partial charge in [0.1, 0.15) is 0 Å². The Bertz CT molecular complexity index is 674. The topological polar surface area (TPSA) is 0 Å². The van der Waals surface area contributed by atoms with Gasteiger partial charge < -0.3 is 0 Å².